The first-order valence-corrected chi connectivity index (χ1v) is 4.69. The van der Waals surface area contributed by atoms with Crippen molar-refractivity contribution in [2.75, 3.05) is 18.1 Å². The van der Waals surface area contributed by atoms with E-state index in [9.17, 15) is 0 Å². The summed E-state index contributed by atoms with van der Waals surface area (Å²) in [6, 6.07) is 0.751. The quantitative estimate of drug-likeness (QED) is 0.627. The molecule has 0 amide bonds. The minimum Gasteiger partial charge on any atom is -0.313 e. The van der Waals surface area contributed by atoms with E-state index in [1.165, 1.54) is 24.3 Å². The van der Waals surface area contributed by atoms with E-state index in [2.05, 4.69) is 24.0 Å². The molecule has 1 saturated heterocycles. The minimum atomic E-state index is 0.751. The second kappa shape index (κ2) is 4.18. The van der Waals surface area contributed by atoms with Gasteiger partial charge in [-0.2, -0.15) is 11.8 Å². The van der Waals surface area contributed by atoms with Crippen LogP contribution in [0.25, 0.3) is 0 Å². The zero-order chi connectivity index (χ0) is 6.53. The van der Waals surface area contributed by atoms with Crippen molar-refractivity contribution in [3.8, 4) is 0 Å². The van der Waals surface area contributed by atoms with Crippen molar-refractivity contribution in [1.29, 1.82) is 0 Å². The van der Waals surface area contributed by atoms with Crippen molar-refractivity contribution in [3.05, 3.63) is 6.92 Å². The molecule has 1 aliphatic heterocycles. The Morgan fingerprint density at radius 2 is 2.56 bits per heavy atom. The van der Waals surface area contributed by atoms with Crippen LogP contribution in [0, 0.1) is 6.92 Å². The zero-order valence-corrected chi connectivity index (χ0v) is 6.54. The molecule has 1 rings (SSSR count). The van der Waals surface area contributed by atoms with Crippen LogP contribution < -0.4 is 5.32 Å². The molecule has 1 unspecified atom stereocenters. The van der Waals surface area contributed by atoms with E-state index < -0.39 is 0 Å². The van der Waals surface area contributed by atoms with Crippen LogP contribution in [0.2, 0.25) is 0 Å². The van der Waals surface area contributed by atoms with E-state index in [0.29, 0.717) is 0 Å². The van der Waals surface area contributed by atoms with Crippen molar-refractivity contribution in [2.45, 2.75) is 18.9 Å². The van der Waals surface area contributed by atoms with Crippen LogP contribution in [0.15, 0.2) is 0 Å². The normalized spacial score (nSPS) is 28.3. The highest BCUT2D eigenvalue weighted by atomic mass is 32.2. The Morgan fingerprint density at radius 1 is 1.67 bits per heavy atom. The lowest BCUT2D eigenvalue weighted by molar-refractivity contribution is 0.534. The summed E-state index contributed by atoms with van der Waals surface area (Å²) >= 11 is 2.05. The summed E-state index contributed by atoms with van der Waals surface area (Å²) in [5.41, 5.74) is 0. The van der Waals surface area contributed by atoms with Crippen molar-refractivity contribution in [2.24, 2.45) is 0 Å². The van der Waals surface area contributed by atoms with Crippen molar-refractivity contribution < 1.29 is 0 Å². The fourth-order valence-corrected chi connectivity index (χ4v) is 2.21. The maximum absolute atomic E-state index is 3.76. The van der Waals surface area contributed by atoms with E-state index in [1.807, 2.05) is 0 Å². The average Bonchev–Trinajstić information content (AvgIpc) is 1.91. The highest BCUT2D eigenvalue weighted by molar-refractivity contribution is 7.99. The molecule has 1 nitrogen and oxygen atoms in total. The van der Waals surface area contributed by atoms with Crippen molar-refractivity contribution in [3.63, 3.8) is 0 Å². The fourth-order valence-electron chi connectivity index (χ4n) is 1.11. The number of hydrogen-bond donors (Lipinski definition) is 1. The molecule has 0 spiro atoms. The lowest BCUT2D eigenvalue weighted by atomic mass is 10.2. The fraction of sp³-hybridized carbons (Fsp3) is 0.857. The molecule has 9 heavy (non-hydrogen) atoms. The number of nitrogens with one attached hydrogen (secondary N) is 1. The molecule has 1 radical (unpaired) electrons. The Kier molecular flexibility index (Phi) is 3.44. The predicted molar refractivity (Wildman–Crippen MR) is 43.7 cm³/mol. The van der Waals surface area contributed by atoms with E-state index in [-0.39, 0.29) is 0 Å². The Hall–Kier alpha value is 0.310. The molecule has 1 atom stereocenters. The van der Waals surface area contributed by atoms with Gasteiger partial charge in [-0.3, -0.25) is 0 Å². The SMILES string of the molecule is [CH2]CNC1CCCSC1. The first-order chi connectivity index (χ1) is 4.43. The van der Waals surface area contributed by atoms with E-state index >= 15 is 0 Å². The van der Waals surface area contributed by atoms with Gasteiger partial charge in [-0.25, -0.2) is 0 Å². The third-order valence-electron chi connectivity index (χ3n) is 1.59. The number of thioether (sulfide) groups is 1. The van der Waals surface area contributed by atoms with Gasteiger partial charge in [0, 0.05) is 11.8 Å². The summed E-state index contributed by atoms with van der Waals surface area (Å²) in [5.74, 6) is 2.64. The Morgan fingerprint density at radius 3 is 3.11 bits per heavy atom. The standard InChI is InChI=1S/C7H14NS/c1-2-8-7-4-3-5-9-6-7/h7-8H,1-6H2. The topological polar surface area (TPSA) is 12.0 Å². The smallest absolute Gasteiger partial charge is 0.0158 e. The summed E-state index contributed by atoms with van der Waals surface area (Å²) in [6.07, 6.45) is 2.73. The second-order valence-corrected chi connectivity index (χ2v) is 3.52. The Labute approximate surface area is 61.6 Å². The number of hydrogen-bond acceptors (Lipinski definition) is 2. The first-order valence-electron chi connectivity index (χ1n) is 3.54. The Balaban J connectivity index is 2.08. The van der Waals surface area contributed by atoms with Gasteiger partial charge >= 0.3 is 0 Å². The van der Waals surface area contributed by atoms with E-state index in [4.69, 9.17) is 0 Å². The molecular formula is C7H14NS. The minimum absolute atomic E-state index is 0.751. The maximum Gasteiger partial charge on any atom is 0.0158 e. The van der Waals surface area contributed by atoms with Gasteiger partial charge in [0.15, 0.2) is 0 Å². The monoisotopic (exact) mass is 144 g/mol. The molecule has 1 heterocycles. The predicted octanol–water partition coefficient (Wildman–Crippen LogP) is 1.31. The molecule has 1 fully saturated rings. The van der Waals surface area contributed by atoms with Gasteiger partial charge in [-0.15, -0.1) is 0 Å². The van der Waals surface area contributed by atoms with Gasteiger partial charge in [-0.05, 0) is 32.1 Å². The van der Waals surface area contributed by atoms with Gasteiger partial charge in [-0.1, -0.05) is 0 Å². The molecule has 0 bridgehead atoms. The summed E-state index contributed by atoms with van der Waals surface area (Å²) in [5, 5.41) is 3.35. The second-order valence-electron chi connectivity index (χ2n) is 2.37. The molecular weight excluding hydrogens is 130 g/mol. The van der Waals surface area contributed by atoms with Gasteiger partial charge in [0.05, 0.1) is 0 Å². The zero-order valence-electron chi connectivity index (χ0n) is 5.73. The van der Waals surface area contributed by atoms with E-state index in [1.54, 1.807) is 0 Å². The molecule has 0 aromatic rings. The van der Waals surface area contributed by atoms with Crippen LogP contribution >= 0.6 is 11.8 Å². The van der Waals surface area contributed by atoms with Gasteiger partial charge in [0.25, 0.3) is 0 Å². The molecule has 0 saturated carbocycles. The number of rotatable bonds is 2. The van der Waals surface area contributed by atoms with Crippen LogP contribution in [0.5, 0.6) is 0 Å². The lowest BCUT2D eigenvalue weighted by Gasteiger charge is -2.21. The van der Waals surface area contributed by atoms with Crippen molar-refractivity contribution in [1.82, 2.24) is 5.32 Å². The third-order valence-corrected chi connectivity index (χ3v) is 2.81. The molecule has 0 aliphatic carbocycles. The summed E-state index contributed by atoms with van der Waals surface area (Å²) in [7, 11) is 0. The molecule has 2 heteroatoms. The highest BCUT2D eigenvalue weighted by Gasteiger charge is 2.10. The largest absolute Gasteiger partial charge is 0.313 e. The highest BCUT2D eigenvalue weighted by Crippen LogP contribution is 2.16. The third kappa shape index (κ3) is 2.59. The lowest BCUT2D eigenvalue weighted by Crippen LogP contribution is -2.33. The van der Waals surface area contributed by atoms with Crippen LogP contribution in [0.3, 0.4) is 0 Å². The van der Waals surface area contributed by atoms with Gasteiger partial charge in [0.1, 0.15) is 0 Å². The molecule has 1 aliphatic rings. The molecule has 0 aromatic heterocycles. The molecule has 0 aromatic carbocycles. The summed E-state index contributed by atoms with van der Waals surface area (Å²) in [6.45, 7) is 4.64. The summed E-state index contributed by atoms with van der Waals surface area (Å²) < 4.78 is 0. The van der Waals surface area contributed by atoms with Crippen molar-refractivity contribution >= 4 is 11.8 Å². The average molecular weight is 144 g/mol. The van der Waals surface area contributed by atoms with Gasteiger partial charge < -0.3 is 5.32 Å². The first kappa shape index (κ1) is 7.42. The maximum atomic E-state index is 3.76. The van der Waals surface area contributed by atoms with Crippen LogP contribution in [0.4, 0.5) is 0 Å². The van der Waals surface area contributed by atoms with Crippen LogP contribution in [-0.4, -0.2) is 24.1 Å². The molecule has 53 valence electrons. The molecule has 1 N–H and O–H groups in total. The van der Waals surface area contributed by atoms with E-state index in [0.717, 1.165) is 12.6 Å². The Bertz CT molecular complexity index is 66.6. The van der Waals surface area contributed by atoms with Crippen LogP contribution in [0.1, 0.15) is 12.8 Å². The van der Waals surface area contributed by atoms with Crippen LogP contribution in [-0.2, 0) is 0 Å². The van der Waals surface area contributed by atoms with Gasteiger partial charge in [0.2, 0.25) is 0 Å². The summed E-state index contributed by atoms with van der Waals surface area (Å²) in [4.78, 5) is 0.